The van der Waals surface area contributed by atoms with Gasteiger partial charge in [0, 0.05) is 16.8 Å². The van der Waals surface area contributed by atoms with E-state index in [1.165, 1.54) is 12.3 Å². The van der Waals surface area contributed by atoms with Gasteiger partial charge in [0.05, 0.1) is 6.21 Å². The molecule has 0 aliphatic rings. The third kappa shape index (κ3) is 5.75. The molecule has 0 unspecified atom stereocenters. The van der Waals surface area contributed by atoms with Crippen molar-refractivity contribution in [2.24, 2.45) is 5.10 Å². The first-order valence-corrected chi connectivity index (χ1v) is 9.19. The molecule has 2 amide bonds. The summed E-state index contributed by atoms with van der Waals surface area (Å²) in [6, 6.07) is 20.3. The summed E-state index contributed by atoms with van der Waals surface area (Å²) in [5, 5.41) is 6.30. The number of benzene rings is 3. The zero-order chi connectivity index (χ0) is 21.3. The Morgan fingerprint density at radius 3 is 2.43 bits per heavy atom. The van der Waals surface area contributed by atoms with Gasteiger partial charge in [-0.2, -0.15) is 5.10 Å². The summed E-state index contributed by atoms with van der Waals surface area (Å²) in [7, 11) is 0. The number of carbonyl (C=O) groups excluding carboxylic acids is 2. The molecule has 0 saturated carbocycles. The normalized spacial score (nSPS) is 10.6. The van der Waals surface area contributed by atoms with Gasteiger partial charge in [-0.1, -0.05) is 48.0 Å². The van der Waals surface area contributed by atoms with Gasteiger partial charge >= 0.3 is 11.8 Å². The van der Waals surface area contributed by atoms with Crippen LogP contribution in [0.4, 0.5) is 10.1 Å². The second-order valence-electron chi connectivity index (χ2n) is 6.44. The lowest BCUT2D eigenvalue weighted by Gasteiger charge is -2.09. The second kappa shape index (κ2) is 9.97. The summed E-state index contributed by atoms with van der Waals surface area (Å²) in [4.78, 5) is 23.9. The smallest absolute Gasteiger partial charge is 0.329 e. The number of rotatable bonds is 6. The first-order chi connectivity index (χ1) is 14.5. The van der Waals surface area contributed by atoms with Crippen molar-refractivity contribution in [3.63, 3.8) is 0 Å². The van der Waals surface area contributed by atoms with Crippen LogP contribution in [0.15, 0.2) is 77.9 Å². The third-order valence-electron chi connectivity index (χ3n) is 4.15. The van der Waals surface area contributed by atoms with Crippen molar-refractivity contribution < 1.29 is 18.7 Å². The number of hydrogen-bond acceptors (Lipinski definition) is 4. The Bertz CT molecular complexity index is 1070. The minimum absolute atomic E-state index is 0.0445. The average molecular weight is 405 g/mol. The van der Waals surface area contributed by atoms with Crippen molar-refractivity contribution in [2.45, 2.75) is 13.5 Å². The van der Waals surface area contributed by atoms with E-state index in [9.17, 15) is 14.0 Å². The number of amides is 2. The quantitative estimate of drug-likeness (QED) is 0.372. The molecule has 3 aromatic carbocycles. The maximum Gasteiger partial charge on any atom is 0.329 e. The zero-order valence-electron chi connectivity index (χ0n) is 16.3. The molecule has 6 nitrogen and oxygen atoms in total. The molecule has 2 N–H and O–H groups in total. The predicted molar refractivity (Wildman–Crippen MR) is 113 cm³/mol. The minimum atomic E-state index is -0.906. The van der Waals surface area contributed by atoms with Crippen LogP contribution in [0.1, 0.15) is 16.7 Å². The van der Waals surface area contributed by atoms with Gasteiger partial charge in [0.2, 0.25) is 0 Å². The van der Waals surface area contributed by atoms with Gasteiger partial charge in [-0.15, -0.1) is 0 Å². The van der Waals surface area contributed by atoms with Crippen LogP contribution < -0.4 is 15.5 Å². The van der Waals surface area contributed by atoms with Crippen molar-refractivity contribution in [1.29, 1.82) is 0 Å². The summed E-state index contributed by atoms with van der Waals surface area (Å²) in [6.07, 6.45) is 1.35. The van der Waals surface area contributed by atoms with Gasteiger partial charge in [0.1, 0.15) is 18.2 Å². The van der Waals surface area contributed by atoms with Crippen molar-refractivity contribution in [3.8, 4) is 5.75 Å². The number of hydrogen-bond donors (Lipinski definition) is 2. The average Bonchev–Trinajstić information content (AvgIpc) is 2.75. The summed E-state index contributed by atoms with van der Waals surface area (Å²) >= 11 is 0. The van der Waals surface area contributed by atoms with E-state index in [4.69, 9.17) is 4.74 Å². The molecule has 3 aromatic rings. The summed E-state index contributed by atoms with van der Waals surface area (Å²) in [5.74, 6) is -1.63. The van der Waals surface area contributed by atoms with Crippen LogP contribution in [-0.2, 0) is 16.2 Å². The van der Waals surface area contributed by atoms with Gasteiger partial charge in [0.25, 0.3) is 0 Å². The van der Waals surface area contributed by atoms with Crippen LogP contribution in [0.25, 0.3) is 0 Å². The lowest BCUT2D eigenvalue weighted by molar-refractivity contribution is -0.136. The molecule has 0 bridgehead atoms. The van der Waals surface area contributed by atoms with Crippen molar-refractivity contribution >= 4 is 23.7 Å². The first-order valence-electron chi connectivity index (χ1n) is 9.19. The fourth-order valence-electron chi connectivity index (χ4n) is 2.53. The number of carbonyl (C=O) groups is 2. The SMILES string of the molecule is Cc1ccc(NC(=O)C(=O)N/N=C\c2ccccc2OCc2ccccc2F)cc1. The van der Waals surface area contributed by atoms with E-state index >= 15 is 0 Å². The molecule has 0 aromatic heterocycles. The molecule has 152 valence electrons. The zero-order valence-corrected chi connectivity index (χ0v) is 16.3. The maximum atomic E-state index is 13.7. The van der Waals surface area contributed by atoms with Crippen LogP contribution in [0.2, 0.25) is 0 Å². The molecule has 0 aliphatic carbocycles. The topological polar surface area (TPSA) is 79.8 Å². The van der Waals surface area contributed by atoms with E-state index in [2.05, 4.69) is 15.8 Å². The molecule has 7 heteroatoms. The number of halogens is 1. The van der Waals surface area contributed by atoms with Gasteiger partial charge in [0.15, 0.2) is 0 Å². The molecule has 0 heterocycles. The van der Waals surface area contributed by atoms with Gasteiger partial charge in [-0.3, -0.25) is 9.59 Å². The van der Waals surface area contributed by atoms with E-state index < -0.39 is 11.8 Å². The Hall–Kier alpha value is -4.00. The number of para-hydroxylation sites is 1. The largest absolute Gasteiger partial charge is 0.488 e. The number of hydrazone groups is 1. The first kappa shape index (κ1) is 20.7. The fourth-order valence-corrected chi connectivity index (χ4v) is 2.53. The highest BCUT2D eigenvalue weighted by molar-refractivity contribution is 6.39. The standard InChI is InChI=1S/C23H20FN3O3/c1-16-10-12-19(13-11-16)26-22(28)23(29)27-25-14-17-6-3-5-9-21(17)30-15-18-7-2-4-8-20(18)24/h2-14H,15H2,1H3,(H,26,28)(H,27,29)/b25-14-. The number of nitrogens with zero attached hydrogens (tertiary/aromatic N) is 1. The monoisotopic (exact) mass is 405 g/mol. The lowest BCUT2D eigenvalue weighted by Crippen LogP contribution is -2.32. The van der Waals surface area contributed by atoms with E-state index in [1.807, 2.05) is 19.1 Å². The Labute approximate surface area is 173 Å². The summed E-state index contributed by atoms with van der Waals surface area (Å²) in [6.45, 7) is 1.97. The molecule has 30 heavy (non-hydrogen) atoms. The predicted octanol–water partition coefficient (Wildman–Crippen LogP) is 3.80. The lowest BCUT2D eigenvalue weighted by atomic mass is 10.2. The van der Waals surface area contributed by atoms with Crippen LogP contribution in [0.5, 0.6) is 5.75 Å². The number of anilines is 1. The Balaban J connectivity index is 1.58. The van der Waals surface area contributed by atoms with E-state index in [1.54, 1.807) is 54.6 Å². The molecular weight excluding hydrogens is 385 g/mol. The molecule has 0 saturated heterocycles. The molecule has 0 aliphatic heterocycles. The molecule has 3 rings (SSSR count). The van der Waals surface area contributed by atoms with Crippen LogP contribution >= 0.6 is 0 Å². The van der Waals surface area contributed by atoms with Crippen LogP contribution in [0, 0.1) is 12.7 Å². The number of ether oxygens (including phenoxy) is 1. The summed E-state index contributed by atoms with van der Waals surface area (Å²) < 4.78 is 19.4. The minimum Gasteiger partial charge on any atom is -0.488 e. The fraction of sp³-hybridized carbons (Fsp3) is 0.0870. The van der Waals surface area contributed by atoms with Crippen molar-refractivity contribution in [2.75, 3.05) is 5.32 Å². The molecule has 0 atom stereocenters. The Kier molecular flexibility index (Phi) is 6.89. The van der Waals surface area contributed by atoms with E-state index in [-0.39, 0.29) is 12.4 Å². The van der Waals surface area contributed by atoms with E-state index in [0.717, 1.165) is 5.56 Å². The van der Waals surface area contributed by atoms with Crippen molar-refractivity contribution in [3.05, 3.63) is 95.3 Å². The molecule has 0 fully saturated rings. The van der Waals surface area contributed by atoms with Gasteiger partial charge in [-0.05, 0) is 37.3 Å². The molecular formula is C23H20FN3O3. The number of nitrogens with one attached hydrogen (secondary N) is 2. The third-order valence-corrected chi connectivity index (χ3v) is 4.15. The maximum absolute atomic E-state index is 13.7. The molecule has 0 radical (unpaired) electrons. The summed E-state index contributed by atoms with van der Waals surface area (Å²) in [5.41, 5.74) is 4.71. The highest BCUT2D eigenvalue weighted by Gasteiger charge is 2.13. The second-order valence-corrected chi connectivity index (χ2v) is 6.44. The van der Waals surface area contributed by atoms with Crippen LogP contribution in [-0.4, -0.2) is 18.0 Å². The molecule has 0 spiro atoms. The van der Waals surface area contributed by atoms with E-state index in [0.29, 0.717) is 22.6 Å². The Morgan fingerprint density at radius 1 is 0.967 bits per heavy atom. The highest BCUT2D eigenvalue weighted by atomic mass is 19.1. The van der Waals surface area contributed by atoms with Gasteiger partial charge < -0.3 is 10.1 Å². The highest BCUT2D eigenvalue weighted by Crippen LogP contribution is 2.18. The van der Waals surface area contributed by atoms with Crippen LogP contribution in [0.3, 0.4) is 0 Å². The van der Waals surface area contributed by atoms with Gasteiger partial charge in [-0.25, -0.2) is 9.82 Å². The Morgan fingerprint density at radius 2 is 1.67 bits per heavy atom. The number of aryl methyl sites for hydroxylation is 1. The van der Waals surface area contributed by atoms with Crippen molar-refractivity contribution in [1.82, 2.24) is 5.43 Å².